The van der Waals surface area contributed by atoms with Crippen molar-refractivity contribution >= 4 is 11.6 Å². The summed E-state index contributed by atoms with van der Waals surface area (Å²) in [6.07, 6.45) is 7.35. The molecule has 1 fully saturated rings. The molecule has 24 heavy (non-hydrogen) atoms. The highest BCUT2D eigenvalue weighted by atomic mass is 16.1. The fourth-order valence-corrected chi connectivity index (χ4v) is 3.19. The molecule has 4 heteroatoms. The standard InChI is InChI=1S/C20H25N3O/c24-20(9-8-17-5-2-1-3-6-17)22-15-18-10-13-23(14-11-18)19-7-4-12-21-16-19/h1-7,12,16,18H,8-11,13-15H2,(H,22,24). The van der Waals surface area contributed by atoms with Gasteiger partial charge in [0.2, 0.25) is 5.91 Å². The van der Waals surface area contributed by atoms with Crippen LogP contribution in [0.15, 0.2) is 54.9 Å². The topological polar surface area (TPSA) is 45.2 Å². The Hall–Kier alpha value is -2.36. The number of piperidine rings is 1. The molecule has 0 bridgehead atoms. The van der Waals surface area contributed by atoms with E-state index >= 15 is 0 Å². The Morgan fingerprint density at radius 2 is 1.92 bits per heavy atom. The lowest BCUT2D eigenvalue weighted by atomic mass is 9.96. The Labute approximate surface area is 143 Å². The third kappa shape index (κ3) is 4.82. The van der Waals surface area contributed by atoms with Crippen LogP contribution in [-0.2, 0) is 11.2 Å². The van der Waals surface area contributed by atoms with E-state index < -0.39 is 0 Å². The molecule has 2 heterocycles. The zero-order chi connectivity index (χ0) is 16.6. The average molecular weight is 323 g/mol. The second-order valence-corrected chi connectivity index (χ2v) is 6.43. The van der Waals surface area contributed by atoms with Crippen LogP contribution in [0.1, 0.15) is 24.8 Å². The molecule has 1 N–H and O–H groups in total. The maximum Gasteiger partial charge on any atom is 0.220 e. The lowest BCUT2D eigenvalue weighted by Crippen LogP contribution is -2.38. The highest BCUT2D eigenvalue weighted by Crippen LogP contribution is 2.21. The summed E-state index contributed by atoms with van der Waals surface area (Å²) in [5.74, 6) is 0.743. The van der Waals surface area contributed by atoms with Crippen LogP contribution in [0.4, 0.5) is 5.69 Å². The zero-order valence-electron chi connectivity index (χ0n) is 14.0. The number of nitrogens with zero attached hydrogens (tertiary/aromatic N) is 2. The van der Waals surface area contributed by atoms with Crippen LogP contribution in [0.5, 0.6) is 0 Å². The van der Waals surface area contributed by atoms with Gasteiger partial charge in [0, 0.05) is 32.3 Å². The third-order valence-electron chi connectivity index (χ3n) is 4.70. The van der Waals surface area contributed by atoms with E-state index in [0.717, 1.165) is 38.9 Å². The second kappa shape index (κ2) is 8.48. The molecule has 1 aromatic carbocycles. The average Bonchev–Trinajstić information content (AvgIpc) is 2.67. The minimum atomic E-state index is 0.161. The van der Waals surface area contributed by atoms with Crippen molar-refractivity contribution in [3.05, 3.63) is 60.4 Å². The largest absolute Gasteiger partial charge is 0.370 e. The van der Waals surface area contributed by atoms with Gasteiger partial charge < -0.3 is 10.2 Å². The molecule has 1 aliphatic rings. The molecule has 0 radical (unpaired) electrons. The number of aryl methyl sites for hydroxylation is 1. The van der Waals surface area contributed by atoms with Gasteiger partial charge in [0.1, 0.15) is 0 Å². The molecule has 2 aromatic rings. The summed E-state index contributed by atoms with van der Waals surface area (Å²) in [5.41, 5.74) is 2.42. The molecule has 0 saturated carbocycles. The molecule has 1 amide bonds. The van der Waals surface area contributed by atoms with E-state index in [1.54, 1.807) is 6.20 Å². The summed E-state index contributed by atoms with van der Waals surface area (Å²) in [6.45, 7) is 2.88. The van der Waals surface area contributed by atoms with Crippen LogP contribution in [-0.4, -0.2) is 30.5 Å². The van der Waals surface area contributed by atoms with E-state index in [1.807, 2.05) is 30.5 Å². The van der Waals surface area contributed by atoms with Crippen LogP contribution in [0.25, 0.3) is 0 Å². The molecule has 0 atom stereocenters. The molecule has 3 rings (SSSR count). The van der Waals surface area contributed by atoms with E-state index in [4.69, 9.17) is 0 Å². The first-order valence-corrected chi connectivity index (χ1v) is 8.77. The number of hydrogen-bond acceptors (Lipinski definition) is 3. The minimum absolute atomic E-state index is 0.161. The Bertz CT molecular complexity index is 622. The van der Waals surface area contributed by atoms with Gasteiger partial charge in [-0.3, -0.25) is 9.78 Å². The second-order valence-electron chi connectivity index (χ2n) is 6.43. The maximum atomic E-state index is 12.0. The molecule has 0 unspecified atom stereocenters. The van der Waals surface area contributed by atoms with E-state index in [1.165, 1.54) is 11.3 Å². The van der Waals surface area contributed by atoms with Crippen molar-refractivity contribution in [3.8, 4) is 0 Å². The van der Waals surface area contributed by atoms with Crippen LogP contribution >= 0.6 is 0 Å². The molecule has 1 aromatic heterocycles. The molecule has 0 spiro atoms. The number of amides is 1. The number of hydrogen-bond donors (Lipinski definition) is 1. The normalized spacial score (nSPS) is 15.2. The summed E-state index contributed by atoms with van der Waals surface area (Å²) >= 11 is 0. The van der Waals surface area contributed by atoms with Gasteiger partial charge in [0.25, 0.3) is 0 Å². The number of aromatic nitrogens is 1. The minimum Gasteiger partial charge on any atom is -0.370 e. The van der Waals surface area contributed by atoms with E-state index in [2.05, 4.69) is 33.4 Å². The van der Waals surface area contributed by atoms with Gasteiger partial charge in [-0.25, -0.2) is 0 Å². The van der Waals surface area contributed by atoms with Gasteiger partial charge >= 0.3 is 0 Å². The van der Waals surface area contributed by atoms with Gasteiger partial charge in [-0.2, -0.15) is 0 Å². The number of anilines is 1. The lowest BCUT2D eigenvalue weighted by Gasteiger charge is -2.33. The van der Waals surface area contributed by atoms with Crippen molar-refractivity contribution in [2.24, 2.45) is 5.92 Å². The quantitative estimate of drug-likeness (QED) is 0.889. The van der Waals surface area contributed by atoms with Crippen molar-refractivity contribution < 1.29 is 4.79 Å². The molecule has 126 valence electrons. The maximum absolute atomic E-state index is 12.0. The fraction of sp³-hybridized carbons (Fsp3) is 0.400. The number of carbonyl (C=O) groups is 1. The molecular formula is C20H25N3O. The van der Waals surface area contributed by atoms with Gasteiger partial charge in [-0.15, -0.1) is 0 Å². The number of carbonyl (C=O) groups excluding carboxylic acids is 1. The van der Waals surface area contributed by atoms with Gasteiger partial charge in [-0.1, -0.05) is 30.3 Å². The van der Waals surface area contributed by atoms with Gasteiger partial charge in [0.05, 0.1) is 11.9 Å². The molecule has 1 aliphatic heterocycles. The summed E-state index contributed by atoms with van der Waals surface area (Å²) in [5, 5.41) is 3.11. The summed E-state index contributed by atoms with van der Waals surface area (Å²) in [6, 6.07) is 14.3. The SMILES string of the molecule is O=C(CCc1ccccc1)NCC1CCN(c2cccnc2)CC1. The lowest BCUT2D eigenvalue weighted by molar-refractivity contribution is -0.121. The van der Waals surface area contributed by atoms with Crippen LogP contribution in [0.2, 0.25) is 0 Å². The molecule has 0 aliphatic carbocycles. The van der Waals surface area contributed by atoms with Crippen molar-refractivity contribution in [2.45, 2.75) is 25.7 Å². The first-order valence-electron chi connectivity index (χ1n) is 8.77. The van der Waals surface area contributed by atoms with Crippen molar-refractivity contribution in [1.82, 2.24) is 10.3 Å². The fourth-order valence-electron chi connectivity index (χ4n) is 3.19. The van der Waals surface area contributed by atoms with Crippen LogP contribution in [0.3, 0.4) is 0 Å². The highest BCUT2D eigenvalue weighted by Gasteiger charge is 2.19. The Kier molecular flexibility index (Phi) is 5.83. The number of nitrogens with one attached hydrogen (secondary N) is 1. The molecule has 1 saturated heterocycles. The predicted octanol–water partition coefficient (Wildman–Crippen LogP) is 3.05. The number of pyridine rings is 1. The first-order chi connectivity index (χ1) is 11.8. The van der Waals surface area contributed by atoms with Gasteiger partial charge in [0.15, 0.2) is 0 Å². The van der Waals surface area contributed by atoms with E-state index in [-0.39, 0.29) is 5.91 Å². The Balaban J connectivity index is 1.35. The van der Waals surface area contributed by atoms with Crippen molar-refractivity contribution in [2.75, 3.05) is 24.5 Å². The number of benzene rings is 1. The Morgan fingerprint density at radius 3 is 2.62 bits per heavy atom. The summed E-state index contributed by atoms with van der Waals surface area (Å²) in [7, 11) is 0. The molecular weight excluding hydrogens is 298 g/mol. The summed E-state index contributed by atoms with van der Waals surface area (Å²) in [4.78, 5) is 18.6. The zero-order valence-corrected chi connectivity index (χ0v) is 14.0. The van der Waals surface area contributed by atoms with Crippen LogP contribution in [0, 0.1) is 5.92 Å². The van der Waals surface area contributed by atoms with E-state index in [9.17, 15) is 4.79 Å². The monoisotopic (exact) mass is 323 g/mol. The first kappa shape index (κ1) is 16.5. The van der Waals surface area contributed by atoms with E-state index in [0.29, 0.717) is 12.3 Å². The molecule has 4 nitrogen and oxygen atoms in total. The highest BCUT2D eigenvalue weighted by molar-refractivity contribution is 5.76. The smallest absolute Gasteiger partial charge is 0.220 e. The third-order valence-corrected chi connectivity index (χ3v) is 4.70. The van der Waals surface area contributed by atoms with Crippen molar-refractivity contribution in [3.63, 3.8) is 0 Å². The summed E-state index contributed by atoms with van der Waals surface area (Å²) < 4.78 is 0. The predicted molar refractivity (Wildman–Crippen MR) is 96.9 cm³/mol. The van der Waals surface area contributed by atoms with Gasteiger partial charge in [-0.05, 0) is 42.9 Å². The Morgan fingerprint density at radius 1 is 1.12 bits per heavy atom. The number of rotatable bonds is 6. The van der Waals surface area contributed by atoms with Crippen LogP contribution < -0.4 is 10.2 Å². The van der Waals surface area contributed by atoms with Crippen molar-refractivity contribution in [1.29, 1.82) is 0 Å².